The molecule has 1 aliphatic carbocycles. The molecule has 1 aromatic carbocycles. The van der Waals surface area contributed by atoms with Gasteiger partial charge in [-0.2, -0.15) is 0 Å². The van der Waals surface area contributed by atoms with E-state index in [1.54, 1.807) is 6.92 Å². The van der Waals surface area contributed by atoms with Gasteiger partial charge in [0.05, 0.1) is 19.6 Å². The minimum Gasteiger partial charge on any atom is -0.466 e. The van der Waals surface area contributed by atoms with E-state index in [1.807, 2.05) is 48.2 Å². The number of rotatable bonds is 12. The maximum absolute atomic E-state index is 13.3. The van der Waals surface area contributed by atoms with Crippen molar-refractivity contribution in [3.63, 3.8) is 0 Å². The highest BCUT2D eigenvalue weighted by Crippen LogP contribution is 2.34. The summed E-state index contributed by atoms with van der Waals surface area (Å²) in [6.45, 7) is 4.97. The molecule has 6 nitrogen and oxygen atoms in total. The minimum absolute atomic E-state index is 0.0171. The first-order valence-corrected chi connectivity index (χ1v) is 11.4. The molecule has 1 aromatic rings. The third-order valence-electron chi connectivity index (χ3n) is 5.60. The van der Waals surface area contributed by atoms with Gasteiger partial charge in [-0.05, 0) is 64.0 Å². The highest BCUT2D eigenvalue weighted by Gasteiger charge is 2.36. The second-order valence-electron chi connectivity index (χ2n) is 7.78. The highest BCUT2D eigenvalue weighted by atomic mass is 16.5. The van der Waals surface area contributed by atoms with Gasteiger partial charge in [-0.15, -0.1) is 0 Å². The molecule has 0 spiro atoms. The van der Waals surface area contributed by atoms with Gasteiger partial charge in [-0.1, -0.05) is 30.7 Å². The summed E-state index contributed by atoms with van der Waals surface area (Å²) >= 11 is 0. The van der Waals surface area contributed by atoms with Gasteiger partial charge in [-0.25, -0.2) is 4.79 Å². The van der Waals surface area contributed by atoms with Gasteiger partial charge in [0.2, 0.25) is 0 Å². The molecule has 0 heterocycles. The van der Waals surface area contributed by atoms with Crippen molar-refractivity contribution >= 4 is 17.8 Å². The summed E-state index contributed by atoms with van der Waals surface area (Å²) in [6.07, 6.45) is 8.94. The molecule has 6 heteroatoms. The van der Waals surface area contributed by atoms with Crippen molar-refractivity contribution in [2.24, 2.45) is 5.92 Å². The van der Waals surface area contributed by atoms with Crippen LogP contribution >= 0.6 is 0 Å². The molecule has 31 heavy (non-hydrogen) atoms. The smallest absolute Gasteiger partial charge is 0.330 e. The van der Waals surface area contributed by atoms with Crippen molar-refractivity contribution in [1.29, 1.82) is 0 Å². The van der Waals surface area contributed by atoms with E-state index in [0.717, 1.165) is 38.5 Å². The van der Waals surface area contributed by atoms with Crippen LogP contribution < -0.4 is 0 Å². The predicted molar refractivity (Wildman–Crippen MR) is 119 cm³/mol. The van der Waals surface area contributed by atoms with Crippen LogP contribution in [0.3, 0.4) is 0 Å². The zero-order chi connectivity index (χ0) is 22.5. The Morgan fingerprint density at radius 3 is 2.48 bits per heavy atom. The van der Waals surface area contributed by atoms with Crippen molar-refractivity contribution in [1.82, 2.24) is 4.90 Å². The molecule has 2 rings (SSSR count). The number of hydrogen-bond donors (Lipinski definition) is 0. The summed E-state index contributed by atoms with van der Waals surface area (Å²) in [4.78, 5) is 38.7. The third-order valence-corrected chi connectivity index (χ3v) is 5.60. The number of esters is 2. The topological polar surface area (TPSA) is 72.9 Å². The molecule has 0 N–H and O–H groups in total. The van der Waals surface area contributed by atoms with Crippen molar-refractivity contribution in [2.45, 2.75) is 64.8 Å². The SMILES string of the molecule is CCOC(=O)/C=C/CCCCN(C(=O)c1ccccc1)C1CCCC1CC(=O)OCC. The van der Waals surface area contributed by atoms with Crippen LogP contribution in [-0.4, -0.2) is 48.5 Å². The number of amides is 1. The van der Waals surface area contributed by atoms with Gasteiger partial charge in [-0.3, -0.25) is 9.59 Å². The van der Waals surface area contributed by atoms with E-state index in [-0.39, 0.29) is 29.8 Å². The summed E-state index contributed by atoms with van der Waals surface area (Å²) < 4.78 is 10.0. The molecule has 1 aliphatic rings. The van der Waals surface area contributed by atoms with Gasteiger partial charge >= 0.3 is 11.9 Å². The van der Waals surface area contributed by atoms with Crippen LogP contribution in [0, 0.1) is 5.92 Å². The number of nitrogens with zero attached hydrogens (tertiary/aromatic N) is 1. The second kappa shape index (κ2) is 13.6. The monoisotopic (exact) mass is 429 g/mol. The molecule has 2 unspecified atom stereocenters. The Balaban J connectivity index is 2.00. The largest absolute Gasteiger partial charge is 0.466 e. The first-order valence-electron chi connectivity index (χ1n) is 11.4. The van der Waals surface area contributed by atoms with Gasteiger partial charge in [0, 0.05) is 24.2 Å². The minimum atomic E-state index is -0.323. The summed E-state index contributed by atoms with van der Waals surface area (Å²) in [5.41, 5.74) is 0.673. The molecule has 0 bridgehead atoms. The van der Waals surface area contributed by atoms with Gasteiger partial charge < -0.3 is 14.4 Å². The van der Waals surface area contributed by atoms with E-state index in [1.165, 1.54) is 6.08 Å². The number of hydrogen-bond acceptors (Lipinski definition) is 5. The first kappa shape index (κ1) is 24.6. The Labute approximate surface area is 185 Å². The Morgan fingerprint density at radius 1 is 1.03 bits per heavy atom. The third kappa shape index (κ3) is 8.19. The Hall–Kier alpha value is -2.63. The zero-order valence-electron chi connectivity index (χ0n) is 18.8. The lowest BCUT2D eigenvalue weighted by Gasteiger charge is -2.33. The first-order chi connectivity index (χ1) is 15.1. The number of unbranched alkanes of at least 4 members (excludes halogenated alkanes) is 2. The molecule has 0 aromatic heterocycles. The molecule has 0 aliphatic heterocycles. The van der Waals surface area contributed by atoms with E-state index in [0.29, 0.717) is 31.7 Å². The Bertz CT molecular complexity index is 731. The van der Waals surface area contributed by atoms with E-state index in [2.05, 4.69) is 0 Å². The van der Waals surface area contributed by atoms with Gasteiger partial charge in [0.1, 0.15) is 0 Å². The number of carbonyl (C=O) groups excluding carboxylic acids is 3. The van der Waals surface area contributed by atoms with Crippen LogP contribution in [0.4, 0.5) is 0 Å². The normalized spacial score (nSPS) is 18.1. The molecule has 1 amide bonds. The summed E-state index contributed by atoms with van der Waals surface area (Å²) in [6, 6.07) is 9.37. The standard InChI is InChI=1S/C25H35NO5/c1-3-30-23(27)17-10-5-6-11-18-26(25(29)20-13-8-7-9-14-20)22-16-12-15-21(22)19-24(28)31-4-2/h7-10,13-14,17,21-22H,3-6,11-12,15-16,18-19H2,1-2H3/b17-10+. The Morgan fingerprint density at radius 2 is 1.77 bits per heavy atom. The van der Waals surface area contributed by atoms with Gasteiger partial charge in [0.15, 0.2) is 0 Å². The van der Waals surface area contributed by atoms with Crippen molar-refractivity contribution in [2.75, 3.05) is 19.8 Å². The fourth-order valence-electron chi connectivity index (χ4n) is 4.18. The molecule has 0 radical (unpaired) electrons. The predicted octanol–water partition coefficient (Wildman–Crippen LogP) is 4.54. The maximum atomic E-state index is 13.3. The summed E-state index contributed by atoms with van der Waals surface area (Å²) in [5.74, 6) is -0.356. The van der Waals surface area contributed by atoms with Crippen LogP contribution in [0.15, 0.2) is 42.5 Å². The van der Waals surface area contributed by atoms with Crippen LogP contribution in [0.25, 0.3) is 0 Å². The van der Waals surface area contributed by atoms with Crippen molar-refractivity contribution < 1.29 is 23.9 Å². The number of carbonyl (C=O) groups is 3. The van der Waals surface area contributed by atoms with Crippen LogP contribution in [0.2, 0.25) is 0 Å². The van der Waals surface area contributed by atoms with Crippen LogP contribution in [0.1, 0.15) is 69.2 Å². The lowest BCUT2D eigenvalue weighted by molar-refractivity contribution is -0.144. The average Bonchev–Trinajstić information content (AvgIpc) is 3.21. The fourth-order valence-corrected chi connectivity index (χ4v) is 4.18. The quantitative estimate of drug-likeness (QED) is 0.277. The van der Waals surface area contributed by atoms with Crippen molar-refractivity contribution in [3.05, 3.63) is 48.0 Å². The number of allylic oxidation sites excluding steroid dienone is 1. The molecule has 0 saturated heterocycles. The molecule has 1 fully saturated rings. The lowest BCUT2D eigenvalue weighted by Crippen LogP contribution is -2.43. The molecule has 1 saturated carbocycles. The van der Waals surface area contributed by atoms with Crippen LogP contribution in [-0.2, 0) is 19.1 Å². The highest BCUT2D eigenvalue weighted by molar-refractivity contribution is 5.94. The average molecular weight is 430 g/mol. The molecule has 170 valence electrons. The molecular weight excluding hydrogens is 394 g/mol. The maximum Gasteiger partial charge on any atom is 0.330 e. The van der Waals surface area contributed by atoms with E-state index < -0.39 is 0 Å². The van der Waals surface area contributed by atoms with Crippen molar-refractivity contribution in [3.8, 4) is 0 Å². The second-order valence-corrected chi connectivity index (χ2v) is 7.78. The van der Waals surface area contributed by atoms with Gasteiger partial charge in [0.25, 0.3) is 5.91 Å². The zero-order valence-corrected chi connectivity index (χ0v) is 18.8. The summed E-state index contributed by atoms with van der Waals surface area (Å²) in [7, 11) is 0. The molecule has 2 atom stereocenters. The van der Waals surface area contributed by atoms with E-state index in [4.69, 9.17) is 9.47 Å². The van der Waals surface area contributed by atoms with E-state index in [9.17, 15) is 14.4 Å². The Kier molecular flexibility index (Phi) is 10.8. The number of ether oxygens (including phenoxy) is 2. The number of benzene rings is 1. The van der Waals surface area contributed by atoms with Crippen LogP contribution in [0.5, 0.6) is 0 Å². The van der Waals surface area contributed by atoms with E-state index >= 15 is 0 Å². The molecular formula is C25H35NO5. The summed E-state index contributed by atoms with van der Waals surface area (Å²) in [5, 5.41) is 0. The lowest BCUT2D eigenvalue weighted by atomic mass is 9.97. The fraction of sp³-hybridized carbons (Fsp3) is 0.560.